The molecule has 0 atom stereocenters. The minimum Gasteiger partial charge on any atom is -0.311 e. The zero-order chi connectivity index (χ0) is 41.0. The highest BCUT2D eigenvalue weighted by atomic mass is 15.1. The zero-order valence-corrected chi connectivity index (χ0v) is 34.0. The van der Waals surface area contributed by atoms with Crippen LogP contribution in [0, 0.1) is 0 Å². The standard InChI is InChI=1S/C60H40N2/c1-4-14-41(15-5-1)45-29-36-59-57(39-45)58-40-46(43-24-31-49(32-25-43)61(47-16-6-2-7-17-47)48-18-8-3-9-19-48)30-37-60(58)62(59)50-33-26-42(27-34-50)44-28-35-55-53-22-11-10-20-51(53)52-21-12-13-23-54(52)56(55)38-44/h1-40H. The van der Waals surface area contributed by atoms with E-state index in [0.29, 0.717) is 0 Å². The summed E-state index contributed by atoms with van der Waals surface area (Å²) in [7, 11) is 0. The molecule has 0 amide bonds. The molecule has 0 aliphatic rings. The van der Waals surface area contributed by atoms with Crippen LogP contribution in [0.15, 0.2) is 243 Å². The molecule has 0 aliphatic heterocycles. The third kappa shape index (κ3) is 6.04. The first kappa shape index (κ1) is 35.7. The lowest BCUT2D eigenvalue weighted by atomic mass is 9.92. The molecule has 11 aromatic carbocycles. The lowest BCUT2D eigenvalue weighted by Gasteiger charge is -2.25. The summed E-state index contributed by atoms with van der Waals surface area (Å²) in [6, 6.07) is 88.3. The number of benzene rings is 11. The maximum Gasteiger partial charge on any atom is 0.0541 e. The molecule has 0 radical (unpaired) electrons. The van der Waals surface area contributed by atoms with E-state index >= 15 is 0 Å². The normalized spacial score (nSPS) is 11.5. The van der Waals surface area contributed by atoms with Gasteiger partial charge in [-0.25, -0.2) is 0 Å². The fraction of sp³-hybridized carbons (Fsp3) is 0. The van der Waals surface area contributed by atoms with Gasteiger partial charge in [0, 0.05) is 33.5 Å². The Balaban J connectivity index is 0.957. The topological polar surface area (TPSA) is 8.17 Å². The summed E-state index contributed by atoms with van der Waals surface area (Å²) in [6.45, 7) is 0. The first-order valence-electron chi connectivity index (χ1n) is 21.3. The summed E-state index contributed by atoms with van der Waals surface area (Å²) in [5.74, 6) is 0. The van der Waals surface area contributed by atoms with Crippen LogP contribution in [0.3, 0.4) is 0 Å². The number of rotatable bonds is 7. The third-order valence-corrected chi connectivity index (χ3v) is 12.6. The van der Waals surface area contributed by atoms with Crippen LogP contribution in [0.25, 0.3) is 93.2 Å². The molecule has 62 heavy (non-hydrogen) atoms. The largest absolute Gasteiger partial charge is 0.311 e. The van der Waals surface area contributed by atoms with Gasteiger partial charge in [-0.15, -0.1) is 0 Å². The van der Waals surface area contributed by atoms with Gasteiger partial charge in [0.2, 0.25) is 0 Å². The monoisotopic (exact) mass is 788 g/mol. The van der Waals surface area contributed by atoms with E-state index in [1.807, 2.05) is 0 Å². The van der Waals surface area contributed by atoms with Crippen molar-refractivity contribution in [1.82, 2.24) is 4.57 Å². The second-order valence-electron chi connectivity index (χ2n) is 16.1. The number of para-hydroxylation sites is 2. The molecule has 290 valence electrons. The van der Waals surface area contributed by atoms with Crippen LogP contribution in [0.5, 0.6) is 0 Å². The fourth-order valence-electron chi connectivity index (χ4n) is 9.59. The van der Waals surface area contributed by atoms with Crippen molar-refractivity contribution in [3.63, 3.8) is 0 Å². The van der Waals surface area contributed by atoms with Gasteiger partial charge in [0.05, 0.1) is 11.0 Å². The Kier molecular flexibility index (Phi) is 8.53. The van der Waals surface area contributed by atoms with E-state index in [-0.39, 0.29) is 0 Å². The van der Waals surface area contributed by atoms with Crippen molar-refractivity contribution < 1.29 is 0 Å². The molecule has 0 saturated carbocycles. The van der Waals surface area contributed by atoms with E-state index in [1.54, 1.807) is 0 Å². The molecule has 0 aliphatic carbocycles. The van der Waals surface area contributed by atoms with E-state index in [4.69, 9.17) is 0 Å². The molecule has 1 aromatic heterocycles. The number of hydrogen-bond acceptors (Lipinski definition) is 1. The summed E-state index contributed by atoms with van der Waals surface area (Å²) in [4.78, 5) is 2.31. The lowest BCUT2D eigenvalue weighted by Crippen LogP contribution is -2.09. The van der Waals surface area contributed by atoms with E-state index in [0.717, 1.165) is 22.7 Å². The highest BCUT2D eigenvalue weighted by Crippen LogP contribution is 2.41. The molecule has 0 saturated heterocycles. The van der Waals surface area contributed by atoms with Crippen molar-refractivity contribution in [2.24, 2.45) is 0 Å². The second kappa shape index (κ2) is 14.8. The molecular formula is C60H40N2. The molecule has 0 fully saturated rings. The summed E-state index contributed by atoms with van der Waals surface area (Å²) in [5.41, 5.74) is 14.1. The van der Waals surface area contributed by atoms with E-state index in [9.17, 15) is 0 Å². The SMILES string of the molecule is c1ccc(-c2ccc3c(c2)c2cc(-c4ccc(N(c5ccccc5)c5ccccc5)cc4)ccc2n3-c2ccc(-c3ccc4c5ccccc5c5ccccc5c4c3)cc2)cc1. The van der Waals surface area contributed by atoms with E-state index in [1.165, 1.54) is 87.5 Å². The van der Waals surface area contributed by atoms with Gasteiger partial charge >= 0.3 is 0 Å². The van der Waals surface area contributed by atoms with Gasteiger partial charge in [0.25, 0.3) is 0 Å². The van der Waals surface area contributed by atoms with Gasteiger partial charge in [0.1, 0.15) is 0 Å². The Morgan fingerprint density at radius 2 is 0.565 bits per heavy atom. The number of aromatic nitrogens is 1. The number of hydrogen-bond donors (Lipinski definition) is 0. The minimum absolute atomic E-state index is 1.12. The van der Waals surface area contributed by atoms with Crippen LogP contribution in [-0.2, 0) is 0 Å². The lowest BCUT2D eigenvalue weighted by molar-refractivity contribution is 1.18. The van der Waals surface area contributed by atoms with Crippen LogP contribution >= 0.6 is 0 Å². The molecule has 12 aromatic rings. The van der Waals surface area contributed by atoms with Crippen LogP contribution in [0.1, 0.15) is 0 Å². The first-order valence-corrected chi connectivity index (χ1v) is 21.3. The minimum atomic E-state index is 1.12. The van der Waals surface area contributed by atoms with E-state index < -0.39 is 0 Å². The van der Waals surface area contributed by atoms with Gasteiger partial charge in [0.15, 0.2) is 0 Å². The molecule has 2 nitrogen and oxygen atoms in total. The smallest absolute Gasteiger partial charge is 0.0541 e. The molecule has 2 heteroatoms. The van der Waals surface area contributed by atoms with Crippen LogP contribution in [-0.4, -0.2) is 4.57 Å². The van der Waals surface area contributed by atoms with Gasteiger partial charge in [-0.2, -0.15) is 0 Å². The summed E-state index contributed by atoms with van der Waals surface area (Å²) >= 11 is 0. The number of anilines is 3. The summed E-state index contributed by atoms with van der Waals surface area (Å²) < 4.78 is 2.42. The Morgan fingerprint density at radius 1 is 0.226 bits per heavy atom. The van der Waals surface area contributed by atoms with Gasteiger partial charge in [-0.3, -0.25) is 0 Å². The van der Waals surface area contributed by atoms with Gasteiger partial charge < -0.3 is 9.47 Å². The average Bonchev–Trinajstić information content (AvgIpc) is 3.68. The quantitative estimate of drug-likeness (QED) is 0.146. The van der Waals surface area contributed by atoms with Gasteiger partial charge in [-0.1, -0.05) is 164 Å². The molecule has 0 spiro atoms. The Morgan fingerprint density at radius 3 is 1.06 bits per heavy atom. The predicted molar refractivity (Wildman–Crippen MR) is 264 cm³/mol. The molecule has 0 bridgehead atoms. The van der Waals surface area contributed by atoms with Crippen molar-refractivity contribution in [3.05, 3.63) is 243 Å². The van der Waals surface area contributed by atoms with E-state index in [2.05, 4.69) is 252 Å². The predicted octanol–water partition coefficient (Wildman–Crippen LogP) is 16.7. The second-order valence-corrected chi connectivity index (χ2v) is 16.1. The van der Waals surface area contributed by atoms with Crippen molar-refractivity contribution in [2.45, 2.75) is 0 Å². The molecule has 1 heterocycles. The molecule has 0 N–H and O–H groups in total. The zero-order valence-electron chi connectivity index (χ0n) is 34.0. The van der Waals surface area contributed by atoms with Crippen molar-refractivity contribution in [1.29, 1.82) is 0 Å². The van der Waals surface area contributed by atoms with Crippen molar-refractivity contribution >= 4 is 71.2 Å². The van der Waals surface area contributed by atoms with Crippen LogP contribution < -0.4 is 4.90 Å². The molecular weight excluding hydrogens is 749 g/mol. The molecule has 12 rings (SSSR count). The number of fused-ring (bicyclic) bond motifs is 9. The third-order valence-electron chi connectivity index (χ3n) is 12.6. The Bertz CT molecular complexity index is 3510. The van der Waals surface area contributed by atoms with Gasteiger partial charge in [-0.05, 0) is 145 Å². The Labute approximate surface area is 360 Å². The average molecular weight is 789 g/mol. The fourth-order valence-corrected chi connectivity index (χ4v) is 9.59. The maximum atomic E-state index is 2.42. The maximum absolute atomic E-state index is 2.42. The highest BCUT2D eigenvalue weighted by molar-refractivity contribution is 6.25. The molecule has 0 unspecified atom stereocenters. The first-order chi connectivity index (χ1) is 30.7. The Hall–Kier alpha value is -8.20. The highest BCUT2D eigenvalue weighted by Gasteiger charge is 2.17. The van der Waals surface area contributed by atoms with Crippen LogP contribution in [0.2, 0.25) is 0 Å². The summed E-state index contributed by atoms with van der Waals surface area (Å²) in [6.07, 6.45) is 0. The van der Waals surface area contributed by atoms with Crippen molar-refractivity contribution in [2.75, 3.05) is 4.90 Å². The van der Waals surface area contributed by atoms with Crippen molar-refractivity contribution in [3.8, 4) is 39.1 Å². The van der Waals surface area contributed by atoms with Crippen LogP contribution in [0.4, 0.5) is 17.1 Å². The number of nitrogens with zero attached hydrogens (tertiary/aromatic N) is 2. The summed E-state index contributed by atoms with van der Waals surface area (Å²) in [5, 5.41) is 10.2.